The largest absolute Gasteiger partial charge is 0.497 e. The zero-order chi connectivity index (χ0) is 26.5. The molecule has 0 aliphatic rings. The normalized spacial score (nSPS) is 12.4. The van der Waals surface area contributed by atoms with Crippen LogP contribution in [0.25, 0.3) is 0 Å². The summed E-state index contributed by atoms with van der Waals surface area (Å²) in [6.45, 7) is 4.37. The molecule has 0 aliphatic carbocycles. The topological polar surface area (TPSA) is 58.6 Å². The molecular weight excluding hydrogens is 480 g/mol. The number of carbonyl (C=O) groups excluding carboxylic acids is 2. The molecule has 0 saturated heterocycles. The molecule has 0 fully saturated rings. The number of amides is 2. The Morgan fingerprint density at radius 1 is 0.919 bits per heavy atom. The summed E-state index contributed by atoms with van der Waals surface area (Å²) >= 11 is 1.73. The predicted molar refractivity (Wildman–Crippen MR) is 153 cm³/mol. The SMILES string of the molecule is CC[C@H](C)NC(=O)[C@H](Cc1ccccc1)N(Cc1cccc(OC)c1)C(=O)CCSCc1ccccc1. The Bertz CT molecular complexity index is 1110. The van der Waals surface area contributed by atoms with Gasteiger partial charge in [-0.25, -0.2) is 0 Å². The number of hydrogen-bond acceptors (Lipinski definition) is 4. The van der Waals surface area contributed by atoms with Crippen molar-refractivity contribution in [2.45, 2.75) is 57.5 Å². The van der Waals surface area contributed by atoms with Crippen molar-refractivity contribution in [2.24, 2.45) is 0 Å². The molecule has 0 unspecified atom stereocenters. The van der Waals surface area contributed by atoms with E-state index in [2.05, 4.69) is 17.4 Å². The first-order chi connectivity index (χ1) is 18.0. The summed E-state index contributed by atoms with van der Waals surface area (Å²) < 4.78 is 5.40. The lowest BCUT2D eigenvalue weighted by molar-refractivity contribution is -0.141. The molecule has 0 aromatic heterocycles. The van der Waals surface area contributed by atoms with Crippen LogP contribution in [0.2, 0.25) is 0 Å². The number of rotatable bonds is 14. The highest BCUT2D eigenvalue weighted by Crippen LogP contribution is 2.20. The fourth-order valence-electron chi connectivity index (χ4n) is 4.03. The molecule has 37 heavy (non-hydrogen) atoms. The van der Waals surface area contributed by atoms with E-state index in [0.717, 1.165) is 29.1 Å². The second-order valence-corrected chi connectivity index (χ2v) is 10.3. The van der Waals surface area contributed by atoms with Crippen LogP contribution < -0.4 is 10.1 Å². The van der Waals surface area contributed by atoms with Gasteiger partial charge in [-0.1, -0.05) is 79.7 Å². The molecular formula is C31H38N2O3S. The smallest absolute Gasteiger partial charge is 0.243 e. The lowest BCUT2D eigenvalue weighted by Gasteiger charge is -2.32. The Morgan fingerprint density at radius 3 is 2.22 bits per heavy atom. The number of hydrogen-bond donors (Lipinski definition) is 1. The first kappa shape index (κ1) is 28.3. The Morgan fingerprint density at radius 2 is 1.57 bits per heavy atom. The van der Waals surface area contributed by atoms with E-state index in [1.807, 2.05) is 86.6 Å². The summed E-state index contributed by atoms with van der Waals surface area (Å²) in [5.41, 5.74) is 3.19. The number of benzene rings is 3. The third-order valence-corrected chi connectivity index (χ3v) is 7.36. The molecule has 6 heteroatoms. The van der Waals surface area contributed by atoms with Gasteiger partial charge in [0, 0.05) is 36.9 Å². The van der Waals surface area contributed by atoms with Gasteiger partial charge in [-0.3, -0.25) is 9.59 Å². The molecule has 0 radical (unpaired) electrons. The molecule has 2 atom stereocenters. The van der Waals surface area contributed by atoms with Crippen LogP contribution in [0.5, 0.6) is 5.75 Å². The van der Waals surface area contributed by atoms with Gasteiger partial charge in [0.1, 0.15) is 11.8 Å². The highest BCUT2D eigenvalue weighted by atomic mass is 32.2. The van der Waals surface area contributed by atoms with Gasteiger partial charge in [0.2, 0.25) is 11.8 Å². The van der Waals surface area contributed by atoms with Crippen LogP contribution in [0.3, 0.4) is 0 Å². The second-order valence-electron chi connectivity index (χ2n) is 9.18. The van der Waals surface area contributed by atoms with Crippen LogP contribution in [0, 0.1) is 0 Å². The lowest BCUT2D eigenvalue weighted by atomic mass is 10.0. The number of nitrogens with zero attached hydrogens (tertiary/aromatic N) is 1. The maximum atomic E-state index is 13.7. The number of carbonyl (C=O) groups is 2. The molecule has 3 aromatic rings. The zero-order valence-corrected chi connectivity index (χ0v) is 22.9. The maximum Gasteiger partial charge on any atom is 0.243 e. The Balaban J connectivity index is 1.82. The summed E-state index contributed by atoms with van der Waals surface area (Å²) in [6.07, 6.45) is 1.64. The molecule has 0 saturated carbocycles. The van der Waals surface area contributed by atoms with E-state index in [-0.39, 0.29) is 17.9 Å². The van der Waals surface area contributed by atoms with Gasteiger partial charge in [-0.05, 0) is 42.2 Å². The van der Waals surface area contributed by atoms with Crippen LogP contribution in [0.15, 0.2) is 84.9 Å². The van der Waals surface area contributed by atoms with E-state index >= 15 is 0 Å². The fourth-order valence-corrected chi connectivity index (χ4v) is 4.92. The maximum absolute atomic E-state index is 13.7. The molecule has 0 heterocycles. The molecule has 1 N–H and O–H groups in total. The van der Waals surface area contributed by atoms with Crippen LogP contribution in [0.1, 0.15) is 43.4 Å². The van der Waals surface area contributed by atoms with Crippen molar-refractivity contribution in [3.63, 3.8) is 0 Å². The summed E-state index contributed by atoms with van der Waals surface area (Å²) in [5, 5.41) is 3.12. The quantitative estimate of drug-likeness (QED) is 0.271. The minimum Gasteiger partial charge on any atom is -0.497 e. The lowest BCUT2D eigenvalue weighted by Crippen LogP contribution is -2.52. The van der Waals surface area contributed by atoms with Crippen molar-refractivity contribution in [3.8, 4) is 5.75 Å². The standard InChI is InChI=1S/C31H38N2O3S/c1-4-24(2)32-31(35)29(21-25-12-7-5-8-13-25)33(22-27-16-11-17-28(20-27)36-3)30(34)18-19-37-23-26-14-9-6-10-15-26/h5-17,20,24,29H,4,18-19,21-23H2,1-3H3,(H,32,35)/t24-,29-/m0/s1. The van der Waals surface area contributed by atoms with Crippen LogP contribution in [0.4, 0.5) is 0 Å². The molecule has 196 valence electrons. The van der Waals surface area contributed by atoms with Crippen LogP contribution in [-0.2, 0) is 28.3 Å². The predicted octanol–water partition coefficient (Wildman–Crippen LogP) is 5.87. The van der Waals surface area contributed by atoms with Gasteiger partial charge in [0.15, 0.2) is 0 Å². The average Bonchev–Trinajstić information content (AvgIpc) is 2.94. The van der Waals surface area contributed by atoms with Gasteiger partial charge in [0.05, 0.1) is 7.11 Å². The summed E-state index contributed by atoms with van der Waals surface area (Å²) in [7, 11) is 1.63. The molecule has 3 rings (SSSR count). The Hall–Kier alpha value is -3.25. The van der Waals surface area contributed by atoms with E-state index in [1.54, 1.807) is 23.8 Å². The third kappa shape index (κ3) is 9.29. The van der Waals surface area contributed by atoms with Crippen molar-refractivity contribution < 1.29 is 14.3 Å². The summed E-state index contributed by atoms with van der Waals surface area (Å²) in [5.74, 6) is 2.13. The van der Waals surface area contributed by atoms with E-state index < -0.39 is 6.04 Å². The number of thioether (sulfide) groups is 1. The highest BCUT2D eigenvalue weighted by Gasteiger charge is 2.30. The molecule has 0 spiro atoms. The van der Waals surface area contributed by atoms with Crippen LogP contribution in [-0.4, -0.2) is 41.7 Å². The van der Waals surface area contributed by atoms with Gasteiger partial charge in [-0.15, -0.1) is 0 Å². The fraction of sp³-hybridized carbons (Fsp3) is 0.355. The first-order valence-corrected chi connectivity index (χ1v) is 14.0. The molecule has 2 amide bonds. The van der Waals surface area contributed by atoms with E-state index in [9.17, 15) is 9.59 Å². The number of methoxy groups -OCH3 is 1. The van der Waals surface area contributed by atoms with Gasteiger partial charge in [-0.2, -0.15) is 11.8 Å². The monoisotopic (exact) mass is 518 g/mol. The van der Waals surface area contributed by atoms with Gasteiger partial charge < -0.3 is 15.0 Å². The second kappa shape index (κ2) is 15.1. The minimum absolute atomic E-state index is 0.0244. The van der Waals surface area contributed by atoms with E-state index in [4.69, 9.17) is 4.74 Å². The van der Waals surface area contributed by atoms with Crippen molar-refractivity contribution >= 4 is 23.6 Å². The number of nitrogens with one attached hydrogen (secondary N) is 1. The number of ether oxygens (including phenoxy) is 1. The molecule has 0 aliphatic heterocycles. The average molecular weight is 519 g/mol. The minimum atomic E-state index is -0.616. The van der Waals surface area contributed by atoms with Crippen molar-refractivity contribution in [1.82, 2.24) is 10.2 Å². The van der Waals surface area contributed by atoms with Gasteiger partial charge in [0.25, 0.3) is 0 Å². The first-order valence-electron chi connectivity index (χ1n) is 12.9. The third-order valence-electron chi connectivity index (χ3n) is 6.33. The van der Waals surface area contributed by atoms with Crippen LogP contribution >= 0.6 is 11.8 Å². The Labute approximate surface area is 225 Å². The van der Waals surface area contributed by atoms with E-state index in [1.165, 1.54) is 5.56 Å². The zero-order valence-electron chi connectivity index (χ0n) is 22.1. The Kier molecular flexibility index (Phi) is 11.6. The summed E-state index contributed by atoms with van der Waals surface area (Å²) in [6, 6.07) is 27.3. The van der Waals surface area contributed by atoms with Crippen molar-refractivity contribution in [3.05, 3.63) is 102 Å². The molecule has 3 aromatic carbocycles. The molecule has 0 bridgehead atoms. The van der Waals surface area contributed by atoms with Crippen molar-refractivity contribution in [1.29, 1.82) is 0 Å². The summed E-state index contributed by atoms with van der Waals surface area (Å²) in [4.78, 5) is 29.0. The van der Waals surface area contributed by atoms with Crippen molar-refractivity contribution in [2.75, 3.05) is 12.9 Å². The molecule has 5 nitrogen and oxygen atoms in total. The highest BCUT2D eigenvalue weighted by molar-refractivity contribution is 7.98. The van der Waals surface area contributed by atoms with Gasteiger partial charge >= 0.3 is 0 Å². The van der Waals surface area contributed by atoms with E-state index in [0.29, 0.717) is 25.1 Å².